The van der Waals surface area contributed by atoms with E-state index in [0.29, 0.717) is 35.3 Å². The van der Waals surface area contributed by atoms with Crippen molar-refractivity contribution in [1.29, 1.82) is 0 Å². The first kappa shape index (κ1) is 18.5. The van der Waals surface area contributed by atoms with Crippen LogP contribution >= 0.6 is 11.6 Å². The molecule has 2 aliphatic rings. The Hall–Kier alpha value is -1.90. The first-order chi connectivity index (χ1) is 12.8. The topological polar surface area (TPSA) is 112 Å². The molecule has 0 saturated heterocycles. The predicted octanol–water partition coefficient (Wildman–Crippen LogP) is 1.63. The third kappa shape index (κ3) is 2.78. The van der Waals surface area contributed by atoms with Crippen molar-refractivity contribution in [2.45, 2.75) is 51.0 Å². The van der Waals surface area contributed by atoms with Crippen LogP contribution < -0.4 is 10.6 Å². The van der Waals surface area contributed by atoms with Crippen LogP contribution in [0.4, 0.5) is 5.69 Å². The Morgan fingerprint density at radius 3 is 2.81 bits per heavy atom. The van der Waals surface area contributed by atoms with Crippen molar-refractivity contribution in [1.82, 2.24) is 19.9 Å². The van der Waals surface area contributed by atoms with Gasteiger partial charge in [-0.15, -0.1) is 0 Å². The van der Waals surface area contributed by atoms with Crippen molar-refractivity contribution in [3.8, 4) is 0 Å². The minimum Gasteiger partial charge on any atom is -0.392 e. The molecule has 0 bridgehead atoms. The van der Waals surface area contributed by atoms with Gasteiger partial charge in [0.1, 0.15) is 10.7 Å². The Morgan fingerprint density at radius 2 is 2.11 bits per heavy atom. The Bertz CT molecular complexity index is 901. The SMILES string of the molecule is CNC(=O)C1[C@H](C)C(n2cnc3c4c(c(Cl)nc32)C(O)CC(C)N4)C[C@@H]1O. The molecule has 2 aromatic heterocycles. The lowest BCUT2D eigenvalue weighted by molar-refractivity contribution is -0.128. The molecule has 8 nitrogen and oxygen atoms in total. The second kappa shape index (κ2) is 6.61. The summed E-state index contributed by atoms with van der Waals surface area (Å²) in [4.78, 5) is 21.2. The number of nitrogens with zero attached hydrogens (tertiary/aromatic N) is 3. The average molecular weight is 394 g/mol. The second-order valence-corrected chi connectivity index (χ2v) is 8.04. The van der Waals surface area contributed by atoms with E-state index in [-0.39, 0.29) is 29.1 Å². The summed E-state index contributed by atoms with van der Waals surface area (Å²) in [6.07, 6.45) is 1.27. The molecule has 0 radical (unpaired) electrons. The third-order valence-corrected chi connectivity index (χ3v) is 6.27. The fourth-order valence-electron chi connectivity index (χ4n) is 4.62. The van der Waals surface area contributed by atoms with E-state index < -0.39 is 18.1 Å². The van der Waals surface area contributed by atoms with E-state index in [4.69, 9.17) is 11.6 Å². The molecule has 0 aromatic carbocycles. The number of rotatable bonds is 2. The maximum atomic E-state index is 12.2. The van der Waals surface area contributed by atoms with Gasteiger partial charge in [-0.1, -0.05) is 18.5 Å². The lowest BCUT2D eigenvalue weighted by Gasteiger charge is -2.29. The number of hydrogen-bond donors (Lipinski definition) is 4. The summed E-state index contributed by atoms with van der Waals surface area (Å²) in [5.74, 6) is -0.735. The molecule has 0 spiro atoms. The lowest BCUT2D eigenvalue weighted by atomic mass is 9.93. The standard InChI is InChI=1S/C18H24ClN5O3/c1-7-4-10(25)13-14(22-7)15-17(23-16(13)19)24(6-21-15)9-5-11(26)12(8(9)2)18(27)20-3/h6-12,22,25-26H,4-5H2,1-3H3,(H,20,27)/t7?,8-,9?,10?,11+,12?/m1/s1. The van der Waals surface area contributed by atoms with Crippen LogP contribution in [0.25, 0.3) is 11.2 Å². The molecule has 1 fully saturated rings. The minimum absolute atomic E-state index is 0.0872. The van der Waals surface area contributed by atoms with E-state index in [2.05, 4.69) is 20.6 Å². The van der Waals surface area contributed by atoms with Gasteiger partial charge in [0.05, 0.1) is 30.1 Å². The van der Waals surface area contributed by atoms with Gasteiger partial charge in [-0.2, -0.15) is 0 Å². The number of carbonyl (C=O) groups excluding carboxylic acids is 1. The van der Waals surface area contributed by atoms with Gasteiger partial charge in [0.25, 0.3) is 0 Å². The first-order valence-electron chi connectivity index (χ1n) is 9.23. The van der Waals surface area contributed by atoms with Crippen LogP contribution in [0.3, 0.4) is 0 Å². The highest BCUT2D eigenvalue weighted by Crippen LogP contribution is 2.44. The fraction of sp³-hybridized carbons (Fsp3) is 0.611. The molecule has 6 atom stereocenters. The highest BCUT2D eigenvalue weighted by molar-refractivity contribution is 6.31. The Morgan fingerprint density at radius 1 is 1.37 bits per heavy atom. The molecule has 146 valence electrons. The molecule has 3 heterocycles. The highest BCUT2D eigenvalue weighted by atomic mass is 35.5. The van der Waals surface area contributed by atoms with Gasteiger partial charge < -0.3 is 25.4 Å². The summed E-state index contributed by atoms with van der Waals surface area (Å²) in [7, 11) is 1.58. The van der Waals surface area contributed by atoms with Crippen LogP contribution in [0.2, 0.25) is 5.15 Å². The number of hydrogen-bond acceptors (Lipinski definition) is 6. The minimum atomic E-state index is -0.726. The van der Waals surface area contributed by atoms with Crippen molar-refractivity contribution in [2.75, 3.05) is 12.4 Å². The van der Waals surface area contributed by atoms with E-state index in [0.717, 1.165) is 0 Å². The molecule has 1 aliphatic carbocycles. The number of aliphatic hydroxyl groups excluding tert-OH is 2. The molecule has 2 aromatic rings. The lowest BCUT2D eigenvalue weighted by Crippen LogP contribution is -2.35. The van der Waals surface area contributed by atoms with Crippen LogP contribution in [0, 0.1) is 11.8 Å². The summed E-state index contributed by atoms with van der Waals surface area (Å²) >= 11 is 6.40. The van der Waals surface area contributed by atoms with Gasteiger partial charge in [-0.05, 0) is 25.7 Å². The van der Waals surface area contributed by atoms with Crippen LogP contribution in [0.1, 0.15) is 44.4 Å². The molecule has 4 unspecified atom stereocenters. The average Bonchev–Trinajstić information content (AvgIpc) is 3.14. The van der Waals surface area contributed by atoms with Crippen molar-refractivity contribution in [2.24, 2.45) is 11.8 Å². The smallest absolute Gasteiger partial charge is 0.225 e. The van der Waals surface area contributed by atoms with Gasteiger partial charge >= 0.3 is 0 Å². The number of imidazole rings is 1. The monoisotopic (exact) mass is 393 g/mol. The zero-order chi connectivity index (χ0) is 19.5. The number of aromatic nitrogens is 3. The van der Waals surface area contributed by atoms with Crippen molar-refractivity contribution in [3.63, 3.8) is 0 Å². The molecule has 1 saturated carbocycles. The van der Waals surface area contributed by atoms with Crippen LogP contribution in [0.5, 0.6) is 0 Å². The fourth-order valence-corrected chi connectivity index (χ4v) is 4.92. The summed E-state index contributed by atoms with van der Waals surface area (Å²) in [5, 5.41) is 27.1. The second-order valence-electron chi connectivity index (χ2n) is 7.68. The van der Waals surface area contributed by atoms with Crippen LogP contribution in [0.15, 0.2) is 6.33 Å². The summed E-state index contributed by atoms with van der Waals surface area (Å²) in [6.45, 7) is 3.95. The predicted molar refractivity (Wildman–Crippen MR) is 102 cm³/mol. The molecule has 9 heteroatoms. The van der Waals surface area contributed by atoms with E-state index in [1.807, 2.05) is 18.4 Å². The summed E-state index contributed by atoms with van der Waals surface area (Å²) in [5.41, 5.74) is 2.53. The van der Waals surface area contributed by atoms with E-state index in [1.165, 1.54) is 0 Å². The number of aliphatic hydroxyl groups is 2. The third-order valence-electron chi connectivity index (χ3n) is 5.98. The zero-order valence-corrected chi connectivity index (χ0v) is 16.2. The number of fused-ring (bicyclic) bond motifs is 3. The Labute approximate surface area is 161 Å². The van der Waals surface area contributed by atoms with Crippen LogP contribution in [-0.4, -0.2) is 49.8 Å². The van der Waals surface area contributed by atoms with Crippen molar-refractivity contribution < 1.29 is 15.0 Å². The maximum Gasteiger partial charge on any atom is 0.225 e. The summed E-state index contributed by atoms with van der Waals surface area (Å²) < 4.78 is 1.89. The quantitative estimate of drug-likeness (QED) is 0.577. The molecule has 4 rings (SSSR count). The summed E-state index contributed by atoms with van der Waals surface area (Å²) in [6, 6.07) is -0.0379. The largest absolute Gasteiger partial charge is 0.392 e. The van der Waals surface area contributed by atoms with Gasteiger partial charge in [0, 0.05) is 24.7 Å². The zero-order valence-electron chi connectivity index (χ0n) is 15.5. The van der Waals surface area contributed by atoms with Crippen LogP contribution in [-0.2, 0) is 4.79 Å². The van der Waals surface area contributed by atoms with Gasteiger partial charge in [0.2, 0.25) is 5.91 Å². The molecule has 1 amide bonds. The number of nitrogens with one attached hydrogen (secondary N) is 2. The number of carbonyl (C=O) groups is 1. The Kier molecular flexibility index (Phi) is 4.52. The molecular formula is C18H24ClN5O3. The number of amides is 1. The van der Waals surface area contributed by atoms with E-state index in [9.17, 15) is 15.0 Å². The normalized spacial score (nSPS) is 33.0. The number of pyridine rings is 1. The number of anilines is 1. The van der Waals surface area contributed by atoms with Gasteiger partial charge in [-0.25, -0.2) is 9.97 Å². The van der Waals surface area contributed by atoms with E-state index in [1.54, 1.807) is 13.4 Å². The maximum absolute atomic E-state index is 12.2. The van der Waals surface area contributed by atoms with Gasteiger partial charge in [-0.3, -0.25) is 4.79 Å². The Balaban J connectivity index is 1.80. The van der Waals surface area contributed by atoms with E-state index >= 15 is 0 Å². The molecular weight excluding hydrogens is 370 g/mol. The van der Waals surface area contributed by atoms with Gasteiger partial charge in [0.15, 0.2) is 5.65 Å². The van der Waals surface area contributed by atoms with Crippen molar-refractivity contribution >= 4 is 34.4 Å². The highest BCUT2D eigenvalue weighted by Gasteiger charge is 2.45. The molecule has 1 aliphatic heterocycles. The van der Waals surface area contributed by atoms with Crippen molar-refractivity contribution in [3.05, 3.63) is 17.0 Å². The number of halogens is 1. The molecule has 4 N–H and O–H groups in total. The molecule has 27 heavy (non-hydrogen) atoms. The first-order valence-corrected chi connectivity index (χ1v) is 9.61.